The monoisotopic (exact) mass is 337 g/mol. The molecule has 2 aliphatic heterocycles. The number of hydrogen-bond donors (Lipinski definition) is 0. The summed E-state index contributed by atoms with van der Waals surface area (Å²) in [6, 6.07) is -0.107. The Hall–Kier alpha value is -2.58. The third-order valence-corrected chi connectivity index (χ3v) is 3.87. The van der Waals surface area contributed by atoms with E-state index in [0.29, 0.717) is 12.3 Å². The van der Waals surface area contributed by atoms with Crippen LogP contribution in [0.5, 0.6) is 0 Å². The molecule has 0 aromatic rings. The number of hydrazone groups is 1. The van der Waals surface area contributed by atoms with Crippen LogP contribution in [-0.4, -0.2) is 61.0 Å². The second-order valence-electron chi connectivity index (χ2n) is 5.33. The molecule has 0 aromatic carbocycles. The van der Waals surface area contributed by atoms with Gasteiger partial charge in [0, 0.05) is 5.92 Å². The fourth-order valence-electron chi connectivity index (χ4n) is 2.89. The molecule has 0 radical (unpaired) electrons. The van der Waals surface area contributed by atoms with Crippen molar-refractivity contribution in [3.63, 3.8) is 0 Å². The first-order valence-corrected chi connectivity index (χ1v) is 7.88. The molecule has 4 atom stereocenters. The van der Waals surface area contributed by atoms with E-state index in [0.717, 1.165) is 0 Å². The second-order valence-corrected chi connectivity index (χ2v) is 5.33. The van der Waals surface area contributed by atoms with Gasteiger partial charge in [-0.1, -0.05) is 12.2 Å². The van der Waals surface area contributed by atoms with Crippen molar-refractivity contribution in [2.45, 2.75) is 38.6 Å². The third-order valence-electron chi connectivity index (χ3n) is 3.87. The number of fused-ring (bicyclic) bond motifs is 3. The van der Waals surface area contributed by atoms with E-state index >= 15 is 0 Å². The summed E-state index contributed by atoms with van der Waals surface area (Å²) in [5.41, 5.74) is 0. The molecule has 2 heterocycles. The van der Waals surface area contributed by atoms with E-state index in [-0.39, 0.29) is 25.2 Å². The van der Waals surface area contributed by atoms with Crippen molar-refractivity contribution in [3.8, 4) is 0 Å². The SMILES string of the molecule is CCOC(=O)OC1C=NN2C1=NC(OC(=O)OCC)C1CC=CC12. The summed E-state index contributed by atoms with van der Waals surface area (Å²) < 4.78 is 20.1. The maximum absolute atomic E-state index is 11.7. The minimum atomic E-state index is -0.801. The molecule has 24 heavy (non-hydrogen) atoms. The van der Waals surface area contributed by atoms with Crippen molar-refractivity contribution in [3.05, 3.63) is 12.2 Å². The number of hydrogen-bond acceptors (Lipinski definition) is 9. The minimum absolute atomic E-state index is 0.0587. The highest BCUT2D eigenvalue weighted by Crippen LogP contribution is 2.35. The summed E-state index contributed by atoms with van der Waals surface area (Å²) in [6.45, 7) is 3.81. The summed E-state index contributed by atoms with van der Waals surface area (Å²) >= 11 is 0. The van der Waals surface area contributed by atoms with Gasteiger partial charge in [-0.05, 0) is 20.3 Å². The second kappa shape index (κ2) is 6.90. The van der Waals surface area contributed by atoms with E-state index in [2.05, 4.69) is 10.1 Å². The van der Waals surface area contributed by atoms with Crippen LogP contribution in [0.25, 0.3) is 0 Å². The molecule has 0 aromatic heterocycles. The van der Waals surface area contributed by atoms with Crippen molar-refractivity contribution in [1.82, 2.24) is 5.01 Å². The zero-order chi connectivity index (χ0) is 17.1. The number of ether oxygens (including phenoxy) is 4. The van der Waals surface area contributed by atoms with E-state index in [4.69, 9.17) is 18.9 Å². The number of allylic oxidation sites excluding steroid dienone is 1. The van der Waals surface area contributed by atoms with Crippen LogP contribution in [0.4, 0.5) is 9.59 Å². The number of rotatable bonds is 4. The molecule has 0 saturated carbocycles. The molecule has 0 saturated heterocycles. The van der Waals surface area contributed by atoms with Gasteiger partial charge in [-0.2, -0.15) is 5.10 Å². The summed E-state index contributed by atoms with van der Waals surface area (Å²) in [5.74, 6) is 0.349. The third kappa shape index (κ3) is 3.06. The molecule has 4 unspecified atom stereocenters. The quantitative estimate of drug-likeness (QED) is 0.568. The van der Waals surface area contributed by atoms with Crippen molar-refractivity contribution in [1.29, 1.82) is 0 Å². The lowest BCUT2D eigenvalue weighted by Gasteiger charge is -2.36. The van der Waals surface area contributed by atoms with Gasteiger partial charge in [0.25, 0.3) is 0 Å². The largest absolute Gasteiger partial charge is 0.510 e. The number of nitrogens with zero attached hydrogens (tertiary/aromatic N) is 3. The summed E-state index contributed by atoms with van der Waals surface area (Å²) in [5, 5.41) is 5.95. The van der Waals surface area contributed by atoms with Gasteiger partial charge < -0.3 is 18.9 Å². The van der Waals surface area contributed by atoms with Crippen molar-refractivity contribution >= 4 is 24.4 Å². The van der Waals surface area contributed by atoms with Crippen LogP contribution in [0.1, 0.15) is 20.3 Å². The first-order valence-electron chi connectivity index (χ1n) is 7.88. The van der Waals surface area contributed by atoms with Crippen LogP contribution in [0, 0.1) is 5.92 Å². The van der Waals surface area contributed by atoms with Gasteiger partial charge in [0.1, 0.15) is 0 Å². The lowest BCUT2D eigenvalue weighted by atomic mass is 9.98. The lowest BCUT2D eigenvalue weighted by Crippen LogP contribution is -2.49. The molecule has 3 rings (SSSR count). The molecule has 130 valence electrons. The van der Waals surface area contributed by atoms with E-state index in [1.807, 2.05) is 12.2 Å². The maximum atomic E-state index is 11.7. The average Bonchev–Trinajstić information content (AvgIpc) is 3.15. The first kappa shape index (κ1) is 16.3. The van der Waals surface area contributed by atoms with Crippen LogP contribution < -0.4 is 0 Å². The Labute approximate surface area is 138 Å². The molecular formula is C15H19N3O6. The van der Waals surface area contributed by atoms with Gasteiger partial charge in [-0.3, -0.25) is 0 Å². The van der Waals surface area contributed by atoms with E-state index in [1.54, 1.807) is 18.9 Å². The minimum Gasteiger partial charge on any atom is -0.435 e. The summed E-state index contributed by atoms with van der Waals surface area (Å²) in [4.78, 5) is 27.6. The molecule has 0 amide bonds. The molecule has 0 fully saturated rings. The Morgan fingerprint density at radius 2 is 1.92 bits per heavy atom. The fraction of sp³-hybridized carbons (Fsp3) is 0.600. The standard InChI is InChI=1S/C15H19N3O6/c1-3-21-14(19)23-11-8-16-18-10-7-5-6-9(10)13(17-12(11)18)24-15(20)22-4-2/h5,7-11,13H,3-4,6H2,1-2H3. The lowest BCUT2D eigenvalue weighted by molar-refractivity contribution is -0.00745. The Kier molecular flexibility index (Phi) is 4.68. The fourth-order valence-corrected chi connectivity index (χ4v) is 2.89. The predicted molar refractivity (Wildman–Crippen MR) is 82.6 cm³/mol. The van der Waals surface area contributed by atoms with Crippen molar-refractivity contribution in [2.24, 2.45) is 16.0 Å². The van der Waals surface area contributed by atoms with Gasteiger partial charge in [-0.25, -0.2) is 19.6 Å². The Morgan fingerprint density at radius 1 is 1.21 bits per heavy atom. The summed E-state index contributed by atoms with van der Waals surface area (Å²) in [6.07, 6.45) is 3.10. The van der Waals surface area contributed by atoms with E-state index < -0.39 is 24.6 Å². The Morgan fingerprint density at radius 3 is 2.62 bits per heavy atom. The normalized spacial score (nSPS) is 29.6. The van der Waals surface area contributed by atoms with Gasteiger partial charge in [0.2, 0.25) is 12.3 Å². The highest BCUT2D eigenvalue weighted by atomic mass is 16.7. The number of amidine groups is 1. The van der Waals surface area contributed by atoms with Gasteiger partial charge in [0.15, 0.2) is 5.84 Å². The maximum Gasteiger partial charge on any atom is 0.510 e. The zero-order valence-electron chi connectivity index (χ0n) is 13.5. The van der Waals surface area contributed by atoms with Gasteiger partial charge >= 0.3 is 12.3 Å². The van der Waals surface area contributed by atoms with E-state index in [1.165, 1.54) is 6.21 Å². The van der Waals surface area contributed by atoms with Crippen LogP contribution in [0.3, 0.4) is 0 Å². The topological polar surface area (TPSA) is 99.0 Å². The Bertz CT molecular complexity index is 602. The van der Waals surface area contributed by atoms with Crippen LogP contribution in [-0.2, 0) is 18.9 Å². The molecular weight excluding hydrogens is 318 g/mol. The highest BCUT2D eigenvalue weighted by molar-refractivity contribution is 6.05. The zero-order valence-corrected chi connectivity index (χ0v) is 13.5. The molecule has 3 aliphatic rings. The molecule has 0 spiro atoms. The molecule has 0 N–H and O–H groups in total. The first-order chi connectivity index (χ1) is 11.6. The highest BCUT2D eigenvalue weighted by Gasteiger charge is 2.47. The summed E-state index contributed by atoms with van der Waals surface area (Å²) in [7, 11) is 0. The van der Waals surface area contributed by atoms with Crippen molar-refractivity contribution < 1.29 is 28.5 Å². The average molecular weight is 337 g/mol. The van der Waals surface area contributed by atoms with Crippen molar-refractivity contribution in [2.75, 3.05) is 13.2 Å². The Balaban J connectivity index is 1.78. The van der Waals surface area contributed by atoms with Gasteiger partial charge in [0.05, 0.1) is 25.5 Å². The number of aliphatic imine (C=N–C) groups is 1. The molecule has 1 aliphatic carbocycles. The molecule has 0 bridgehead atoms. The van der Waals surface area contributed by atoms with Crippen LogP contribution >= 0.6 is 0 Å². The predicted octanol–water partition coefficient (Wildman–Crippen LogP) is 1.69. The van der Waals surface area contributed by atoms with Crippen LogP contribution in [0.2, 0.25) is 0 Å². The smallest absolute Gasteiger partial charge is 0.435 e. The number of carbonyl (C=O) groups is 2. The van der Waals surface area contributed by atoms with Crippen LogP contribution in [0.15, 0.2) is 22.2 Å². The van der Waals surface area contributed by atoms with Gasteiger partial charge in [-0.15, -0.1) is 0 Å². The van der Waals surface area contributed by atoms with E-state index in [9.17, 15) is 9.59 Å². The molecule has 9 heteroatoms. The molecule has 9 nitrogen and oxygen atoms in total. The number of carbonyl (C=O) groups excluding carboxylic acids is 2.